The molecular weight excluding hydrogens is 424 g/mol. The number of rotatable bonds is 7. The Hall–Kier alpha value is -3.86. The molecular formula is C29H30N2O3. The first kappa shape index (κ1) is 23.3. The predicted octanol–water partition coefficient (Wildman–Crippen LogP) is 5.49. The molecule has 5 heteroatoms. The van der Waals surface area contributed by atoms with Crippen LogP contribution < -0.4 is 5.73 Å². The van der Waals surface area contributed by atoms with E-state index in [4.69, 9.17) is 10.5 Å². The molecule has 0 bridgehead atoms. The predicted molar refractivity (Wildman–Crippen MR) is 134 cm³/mol. The summed E-state index contributed by atoms with van der Waals surface area (Å²) >= 11 is 0. The van der Waals surface area contributed by atoms with Crippen LogP contribution in [0.5, 0.6) is 0 Å². The fourth-order valence-corrected chi connectivity index (χ4v) is 4.60. The minimum absolute atomic E-state index is 0.128. The van der Waals surface area contributed by atoms with Crippen LogP contribution in [0.25, 0.3) is 11.1 Å². The molecule has 2 N–H and O–H groups in total. The molecule has 3 unspecified atom stereocenters. The number of urea groups is 1. The number of piperidine rings is 1. The molecule has 3 aromatic rings. The maximum absolute atomic E-state index is 13.4. The smallest absolute Gasteiger partial charge is 0.314 e. The highest BCUT2D eigenvalue weighted by Crippen LogP contribution is 2.32. The lowest BCUT2D eigenvalue weighted by Gasteiger charge is -2.38. The number of nitrogens with two attached hydrogens (primary N) is 1. The lowest BCUT2D eigenvalue weighted by atomic mass is 9.87. The van der Waals surface area contributed by atoms with Crippen molar-refractivity contribution in [3.05, 3.63) is 109 Å². The van der Waals surface area contributed by atoms with Crippen LogP contribution in [-0.4, -0.2) is 36.1 Å². The third-order valence-electron chi connectivity index (χ3n) is 6.46. The molecule has 1 heterocycles. The molecule has 1 aliphatic rings. The Morgan fingerprint density at radius 2 is 1.59 bits per heavy atom. The molecule has 0 saturated carbocycles. The molecule has 34 heavy (non-hydrogen) atoms. The number of esters is 1. The average Bonchev–Trinajstić information content (AvgIpc) is 2.88. The Bertz CT molecular complexity index is 1110. The van der Waals surface area contributed by atoms with E-state index in [9.17, 15) is 9.59 Å². The minimum atomic E-state index is -0.450. The van der Waals surface area contributed by atoms with Gasteiger partial charge in [0.15, 0.2) is 0 Å². The van der Waals surface area contributed by atoms with Gasteiger partial charge in [0, 0.05) is 25.4 Å². The standard InChI is InChI=1S/C29H30N2O3/c1-2-9-25(24-16-14-22(15-17-24)21-10-5-3-6-11-21)28(32)34-27-18-19-31(29(30)33)20-26(27)23-12-7-4-8-13-23/h2-8,10-17,25-27H,1,9,18-20H2,(H2,30,33). The molecule has 0 spiro atoms. The summed E-state index contributed by atoms with van der Waals surface area (Å²) in [5.41, 5.74) is 9.69. The van der Waals surface area contributed by atoms with E-state index in [2.05, 4.69) is 18.7 Å². The topological polar surface area (TPSA) is 72.6 Å². The number of amides is 2. The molecule has 1 saturated heterocycles. The zero-order valence-electron chi connectivity index (χ0n) is 19.2. The van der Waals surface area contributed by atoms with Gasteiger partial charge in [0.05, 0.1) is 5.92 Å². The maximum atomic E-state index is 13.4. The van der Waals surface area contributed by atoms with Crippen LogP contribution in [0.4, 0.5) is 4.79 Å². The maximum Gasteiger partial charge on any atom is 0.314 e. The van der Waals surface area contributed by atoms with Crippen LogP contribution >= 0.6 is 0 Å². The minimum Gasteiger partial charge on any atom is -0.461 e. The van der Waals surface area contributed by atoms with Gasteiger partial charge in [-0.2, -0.15) is 0 Å². The Morgan fingerprint density at radius 1 is 0.971 bits per heavy atom. The molecule has 4 rings (SSSR count). The summed E-state index contributed by atoms with van der Waals surface area (Å²) < 4.78 is 6.10. The van der Waals surface area contributed by atoms with Crippen molar-refractivity contribution in [2.75, 3.05) is 13.1 Å². The first-order chi connectivity index (χ1) is 16.6. The molecule has 5 nitrogen and oxygen atoms in total. The quantitative estimate of drug-likeness (QED) is 0.379. The third kappa shape index (κ3) is 5.37. The first-order valence-corrected chi connectivity index (χ1v) is 11.6. The fraction of sp³-hybridized carbons (Fsp3) is 0.241. The number of nitrogens with zero attached hydrogens (tertiary/aromatic N) is 1. The van der Waals surface area contributed by atoms with Gasteiger partial charge in [-0.1, -0.05) is 91.0 Å². The van der Waals surface area contributed by atoms with Gasteiger partial charge < -0.3 is 15.4 Å². The van der Waals surface area contributed by atoms with Crippen molar-refractivity contribution >= 4 is 12.0 Å². The summed E-state index contributed by atoms with van der Waals surface area (Å²) in [7, 11) is 0. The molecule has 0 aliphatic carbocycles. The number of primary amides is 1. The zero-order chi connectivity index (χ0) is 23.9. The average molecular weight is 455 g/mol. The van der Waals surface area contributed by atoms with Gasteiger partial charge in [0.25, 0.3) is 0 Å². The number of allylic oxidation sites excluding steroid dienone is 1. The van der Waals surface area contributed by atoms with Gasteiger partial charge in [-0.05, 0) is 28.7 Å². The van der Waals surface area contributed by atoms with Crippen molar-refractivity contribution in [3.8, 4) is 11.1 Å². The second-order valence-electron chi connectivity index (χ2n) is 8.63. The van der Waals surface area contributed by atoms with Crippen LogP contribution in [0.3, 0.4) is 0 Å². The number of carbonyl (C=O) groups is 2. The van der Waals surface area contributed by atoms with Crippen molar-refractivity contribution < 1.29 is 14.3 Å². The largest absolute Gasteiger partial charge is 0.461 e. The van der Waals surface area contributed by atoms with Crippen LogP contribution in [0, 0.1) is 0 Å². The fourth-order valence-electron chi connectivity index (χ4n) is 4.60. The van der Waals surface area contributed by atoms with Crippen LogP contribution in [0.15, 0.2) is 97.6 Å². The van der Waals surface area contributed by atoms with Crippen molar-refractivity contribution in [1.82, 2.24) is 4.90 Å². The molecule has 1 fully saturated rings. The van der Waals surface area contributed by atoms with Crippen LogP contribution in [0.1, 0.15) is 35.8 Å². The second kappa shape index (κ2) is 10.8. The summed E-state index contributed by atoms with van der Waals surface area (Å²) in [4.78, 5) is 26.8. The highest BCUT2D eigenvalue weighted by atomic mass is 16.5. The lowest BCUT2D eigenvalue weighted by Crippen LogP contribution is -2.48. The number of likely N-dealkylation sites (tertiary alicyclic amines) is 1. The van der Waals surface area contributed by atoms with E-state index in [-0.39, 0.29) is 18.0 Å². The van der Waals surface area contributed by atoms with Crippen molar-refractivity contribution in [3.63, 3.8) is 0 Å². The van der Waals surface area contributed by atoms with Gasteiger partial charge in [-0.15, -0.1) is 6.58 Å². The van der Waals surface area contributed by atoms with E-state index < -0.39 is 11.9 Å². The molecule has 1 aliphatic heterocycles. The SMILES string of the molecule is C=CCC(C(=O)OC1CCN(C(N)=O)CC1c1ccccc1)c1ccc(-c2ccccc2)cc1. The molecule has 3 aromatic carbocycles. The van der Waals surface area contributed by atoms with Crippen LogP contribution in [0.2, 0.25) is 0 Å². The monoisotopic (exact) mass is 454 g/mol. The summed E-state index contributed by atoms with van der Waals surface area (Å²) in [6.07, 6.45) is 2.45. The lowest BCUT2D eigenvalue weighted by molar-refractivity contribution is -0.154. The number of hydrogen-bond acceptors (Lipinski definition) is 3. The van der Waals surface area contributed by atoms with Crippen molar-refractivity contribution in [1.29, 1.82) is 0 Å². The Labute approximate surface area is 200 Å². The molecule has 0 radical (unpaired) electrons. The number of hydrogen-bond donors (Lipinski definition) is 1. The Balaban J connectivity index is 1.53. The number of benzene rings is 3. The van der Waals surface area contributed by atoms with Gasteiger partial charge in [0.2, 0.25) is 0 Å². The number of ether oxygens (including phenoxy) is 1. The molecule has 174 valence electrons. The highest BCUT2D eigenvalue weighted by Gasteiger charge is 2.36. The molecule has 0 aromatic heterocycles. The van der Waals surface area contributed by atoms with Crippen molar-refractivity contribution in [2.45, 2.75) is 30.8 Å². The van der Waals surface area contributed by atoms with Gasteiger partial charge in [-0.25, -0.2) is 4.79 Å². The Kier molecular flexibility index (Phi) is 7.43. The van der Waals surface area contributed by atoms with E-state index in [0.29, 0.717) is 25.9 Å². The van der Waals surface area contributed by atoms with E-state index in [1.807, 2.05) is 72.8 Å². The molecule has 3 atom stereocenters. The summed E-state index contributed by atoms with van der Waals surface area (Å²) in [5.74, 6) is -0.838. The summed E-state index contributed by atoms with van der Waals surface area (Å²) in [6.45, 7) is 4.74. The summed E-state index contributed by atoms with van der Waals surface area (Å²) in [6, 6.07) is 27.6. The second-order valence-corrected chi connectivity index (χ2v) is 8.63. The van der Waals surface area contributed by atoms with Crippen LogP contribution in [-0.2, 0) is 9.53 Å². The first-order valence-electron chi connectivity index (χ1n) is 11.6. The zero-order valence-corrected chi connectivity index (χ0v) is 19.2. The Morgan fingerprint density at radius 3 is 2.21 bits per heavy atom. The highest BCUT2D eigenvalue weighted by molar-refractivity contribution is 5.79. The van der Waals surface area contributed by atoms with Crippen molar-refractivity contribution in [2.24, 2.45) is 5.73 Å². The van der Waals surface area contributed by atoms with E-state index in [1.165, 1.54) is 0 Å². The van der Waals surface area contributed by atoms with Gasteiger partial charge >= 0.3 is 12.0 Å². The van der Waals surface area contributed by atoms with Gasteiger partial charge in [-0.3, -0.25) is 4.79 Å². The third-order valence-corrected chi connectivity index (χ3v) is 6.46. The normalized spacial score (nSPS) is 18.6. The number of carbonyl (C=O) groups excluding carboxylic acids is 2. The van der Waals surface area contributed by atoms with E-state index in [0.717, 1.165) is 22.3 Å². The van der Waals surface area contributed by atoms with E-state index in [1.54, 1.807) is 11.0 Å². The van der Waals surface area contributed by atoms with Gasteiger partial charge in [0.1, 0.15) is 6.10 Å². The molecule has 2 amide bonds. The summed E-state index contributed by atoms with van der Waals surface area (Å²) in [5, 5.41) is 0. The van der Waals surface area contributed by atoms with E-state index >= 15 is 0 Å².